The minimum atomic E-state index is -0.130. The number of rotatable bonds is 8. The number of ether oxygens (including phenoxy) is 2. The predicted octanol–water partition coefficient (Wildman–Crippen LogP) is 4.29. The van der Waals surface area contributed by atoms with Crippen molar-refractivity contribution in [3.05, 3.63) is 77.1 Å². The lowest BCUT2D eigenvalue weighted by Crippen LogP contribution is -2.25. The minimum absolute atomic E-state index is 0.130. The molecule has 0 unspecified atom stereocenters. The van der Waals surface area contributed by atoms with Gasteiger partial charge >= 0.3 is 0 Å². The molecule has 0 saturated heterocycles. The highest BCUT2D eigenvalue weighted by atomic mass is 32.1. The van der Waals surface area contributed by atoms with E-state index in [-0.39, 0.29) is 5.91 Å². The third kappa shape index (κ3) is 4.65. The van der Waals surface area contributed by atoms with Crippen LogP contribution in [0.5, 0.6) is 11.5 Å². The van der Waals surface area contributed by atoms with Crippen LogP contribution in [-0.2, 0) is 6.42 Å². The molecule has 4 aromatic rings. The molecule has 0 aliphatic heterocycles. The van der Waals surface area contributed by atoms with Crippen LogP contribution in [0.25, 0.3) is 16.3 Å². The van der Waals surface area contributed by atoms with E-state index in [1.165, 1.54) is 11.3 Å². The number of nitrogens with zero attached hydrogens (tertiary/aromatic N) is 3. The van der Waals surface area contributed by atoms with Crippen LogP contribution < -0.4 is 14.8 Å². The molecular formula is C24H24N4O3S. The summed E-state index contributed by atoms with van der Waals surface area (Å²) in [5.41, 5.74) is 3.50. The van der Waals surface area contributed by atoms with E-state index in [0.29, 0.717) is 35.0 Å². The third-order valence-corrected chi connectivity index (χ3v) is 6.17. The second kappa shape index (κ2) is 9.65. The summed E-state index contributed by atoms with van der Waals surface area (Å²) in [7, 11) is 3.19. The van der Waals surface area contributed by atoms with Crippen LogP contribution in [0.2, 0.25) is 0 Å². The molecule has 4 rings (SSSR count). The maximum Gasteiger partial charge on any atom is 0.263 e. The lowest BCUT2D eigenvalue weighted by atomic mass is 10.2. The van der Waals surface area contributed by atoms with Crippen molar-refractivity contribution in [3.63, 3.8) is 0 Å². The van der Waals surface area contributed by atoms with Crippen molar-refractivity contribution < 1.29 is 14.3 Å². The molecule has 7 nitrogen and oxygen atoms in total. The largest absolute Gasteiger partial charge is 0.493 e. The molecule has 8 heteroatoms. The minimum Gasteiger partial charge on any atom is -0.493 e. The van der Waals surface area contributed by atoms with Gasteiger partial charge in [0.1, 0.15) is 9.88 Å². The van der Waals surface area contributed by atoms with Crippen LogP contribution in [0.1, 0.15) is 21.1 Å². The van der Waals surface area contributed by atoms with E-state index < -0.39 is 0 Å². The SMILES string of the molecule is COc1ccc(-c2nc(C)c(C(=O)NCCc3ccn(-c4ccccc4)n3)s2)cc1OC. The summed E-state index contributed by atoms with van der Waals surface area (Å²) >= 11 is 1.36. The molecule has 2 heterocycles. The van der Waals surface area contributed by atoms with Crippen molar-refractivity contribution in [1.29, 1.82) is 0 Å². The fourth-order valence-corrected chi connectivity index (χ4v) is 4.28. The number of carbonyl (C=O) groups is 1. The van der Waals surface area contributed by atoms with E-state index in [0.717, 1.165) is 22.0 Å². The van der Waals surface area contributed by atoms with E-state index >= 15 is 0 Å². The first-order valence-corrected chi connectivity index (χ1v) is 11.0. The average Bonchev–Trinajstić information content (AvgIpc) is 3.46. The second-order valence-corrected chi connectivity index (χ2v) is 8.10. The zero-order valence-electron chi connectivity index (χ0n) is 18.2. The summed E-state index contributed by atoms with van der Waals surface area (Å²) in [6.45, 7) is 2.34. The first kappa shape index (κ1) is 21.6. The summed E-state index contributed by atoms with van der Waals surface area (Å²) in [5.74, 6) is 1.14. The van der Waals surface area contributed by atoms with E-state index in [1.54, 1.807) is 14.2 Å². The standard InChI is InChI=1S/C24H24N4O3S/c1-16-22(32-24(26-16)17-9-10-20(30-2)21(15-17)31-3)23(29)25-13-11-18-12-14-28(27-18)19-7-5-4-6-8-19/h4-10,12,14-15H,11,13H2,1-3H3,(H,25,29). The molecule has 32 heavy (non-hydrogen) atoms. The van der Waals surface area contributed by atoms with Crippen molar-refractivity contribution >= 4 is 17.2 Å². The molecule has 0 aliphatic carbocycles. The van der Waals surface area contributed by atoms with Crippen LogP contribution in [0.3, 0.4) is 0 Å². The molecule has 2 aromatic heterocycles. The Labute approximate surface area is 190 Å². The number of hydrogen-bond acceptors (Lipinski definition) is 6. The summed E-state index contributed by atoms with van der Waals surface area (Å²) < 4.78 is 12.5. The maximum absolute atomic E-state index is 12.7. The second-order valence-electron chi connectivity index (χ2n) is 7.10. The summed E-state index contributed by atoms with van der Waals surface area (Å²) in [4.78, 5) is 17.9. The topological polar surface area (TPSA) is 78.3 Å². The number of amides is 1. The summed E-state index contributed by atoms with van der Waals surface area (Å²) in [6.07, 6.45) is 2.57. The summed E-state index contributed by atoms with van der Waals surface area (Å²) in [6, 6.07) is 17.5. The lowest BCUT2D eigenvalue weighted by molar-refractivity contribution is 0.0957. The Hall–Kier alpha value is -3.65. The van der Waals surface area contributed by atoms with Gasteiger partial charge in [0, 0.05) is 24.7 Å². The Morgan fingerprint density at radius 1 is 1.06 bits per heavy atom. The van der Waals surface area contributed by atoms with Gasteiger partial charge in [-0.3, -0.25) is 4.79 Å². The zero-order valence-corrected chi connectivity index (χ0v) is 19.0. The van der Waals surface area contributed by atoms with E-state index in [1.807, 2.05) is 72.4 Å². The Morgan fingerprint density at radius 2 is 1.84 bits per heavy atom. The normalized spacial score (nSPS) is 10.7. The van der Waals surface area contributed by atoms with Gasteiger partial charge in [-0.15, -0.1) is 11.3 Å². The smallest absolute Gasteiger partial charge is 0.263 e. The molecule has 0 saturated carbocycles. The first-order valence-electron chi connectivity index (χ1n) is 10.2. The molecule has 0 atom stereocenters. The van der Waals surface area contributed by atoms with Gasteiger partial charge in [-0.25, -0.2) is 9.67 Å². The quantitative estimate of drug-likeness (QED) is 0.435. The average molecular weight is 449 g/mol. The maximum atomic E-state index is 12.7. The first-order chi connectivity index (χ1) is 15.6. The van der Waals surface area contributed by atoms with Crippen LogP contribution in [-0.4, -0.2) is 41.4 Å². The summed E-state index contributed by atoms with van der Waals surface area (Å²) in [5, 5.41) is 8.32. The number of thiazole rings is 1. The zero-order chi connectivity index (χ0) is 22.5. The van der Waals surface area contributed by atoms with Gasteiger partial charge in [-0.05, 0) is 43.3 Å². The number of benzene rings is 2. The number of nitrogens with one attached hydrogen (secondary N) is 1. The number of para-hydroxylation sites is 1. The van der Waals surface area contributed by atoms with Crippen LogP contribution in [0, 0.1) is 6.92 Å². The van der Waals surface area contributed by atoms with E-state index in [4.69, 9.17) is 9.47 Å². The number of hydrogen-bond donors (Lipinski definition) is 1. The van der Waals surface area contributed by atoms with Gasteiger partial charge < -0.3 is 14.8 Å². The van der Waals surface area contributed by atoms with Crippen molar-refractivity contribution in [2.45, 2.75) is 13.3 Å². The molecule has 0 spiro atoms. The van der Waals surface area contributed by atoms with Crippen molar-refractivity contribution in [3.8, 4) is 27.8 Å². The molecule has 0 bridgehead atoms. The van der Waals surface area contributed by atoms with Gasteiger partial charge in [0.05, 0.1) is 31.3 Å². The number of methoxy groups -OCH3 is 2. The third-order valence-electron chi connectivity index (χ3n) is 4.97. The Kier molecular flexibility index (Phi) is 6.51. The van der Waals surface area contributed by atoms with Crippen molar-refractivity contribution in [1.82, 2.24) is 20.1 Å². The molecule has 0 aliphatic rings. The highest BCUT2D eigenvalue weighted by Crippen LogP contribution is 2.34. The monoisotopic (exact) mass is 448 g/mol. The molecule has 0 fully saturated rings. The van der Waals surface area contributed by atoms with Gasteiger partial charge in [0.15, 0.2) is 11.5 Å². The predicted molar refractivity (Wildman–Crippen MR) is 125 cm³/mol. The molecule has 1 N–H and O–H groups in total. The molecule has 164 valence electrons. The lowest BCUT2D eigenvalue weighted by Gasteiger charge is -2.08. The Balaban J connectivity index is 1.39. The van der Waals surface area contributed by atoms with Crippen molar-refractivity contribution in [2.24, 2.45) is 0 Å². The van der Waals surface area contributed by atoms with Crippen LogP contribution in [0.4, 0.5) is 0 Å². The van der Waals surface area contributed by atoms with Crippen LogP contribution in [0.15, 0.2) is 60.8 Å². The van der Waals surface area contributed by atoms with Gasteiger partial charge in [0.25, 0.3) is 5.91 Å². The Morgan fingerprint density at radius 3 is 2.59 bits per heavy atom. The number of aromatic nitrogens is 3. The van der Waals surface area contributed by atoms with Crippen molar-refractivity contribution in [2.75, 3.05) is 20.8 Å². The van der Waals surface area contributed by atoms with E-state index in [9.17, 15) is 4.79 Å². The highest BCUT2D eigenvalue weighted by Gasteiger charge is 2.17. The van der Waals surface area contributed by atoms with Gasteiger partial charge in [-0.1, -0.05) is 18.2 Å². The van der Waals surface area contributed by atoms with Gasteiger partial charge in [-0.2, -0.15) is 5.10 Å². The molecule has 2 aromatic carbocycles. The molecule has 1 amide bonds. The highest BCUT2D eigenvalue weighted by molar-refractivity contribution is 7.17. The Bertz CT molecular complexity index is 1220. The fraction of sp³-hybridized carbons (Fsp3) is 0.208. The molecule has 0 radical (unpaired) electrons. The number of aryl methyl sites for hydroxylation is 1. The fourth-order valence-electron chi connectivity index (χ4n) is 3.30. The number of carbonyl (C=O) groups excluding carboxylic acids is 1. The molecular weight excluding hydrogens is 424 g/mol. The van der Waals surface area contributed by atoms with E-state index in [2.05, 4.69) is 15.4 Å². The van der Waals surface area contributed by atoms with Gasteiger partial charge in [0.2, 0.25) is 0 Å². The van der Waals surface area contributed by atoms with Crippen LogP contribution >= 0.6 is 11.3 Å².